The Balaban J connectivity index is 1.85. The van der Waals surface area contributed by atoms with Crippen LogP contribution in [0.25, 0.3) is 0 Å². The Morgan fingerprint density at radius 3 is 2.53 bits per heavy atom. The van der Waals surface area contributed by atoms with Gasteiger partial charge in [-0.3, -0.25) is 4.79 Å². The third-order valence-electron chi connectivity index (χ3n) is 4.76. The molecule has 0 aromatic heterocycles. The fraction of sp³-hybridized carbons (Fsp3) is 0.933. The molecular formula is C15H29N3O. The quantitative estimate of drug-likeness (QED) is 0.834. The van der Waals surface area contributed by atoms with Crippen molar-refractivity contribution in [2.45, 2.75) is 45.1 Å². The van der Waals surface area contributed by atoms with Crippen molar-refractivity contribution in [3.05, 3.63) is 0 Å². The zero-order valence-electron chi connectivity index (χ0n) is 12.5. The van der Waals surface area contributed by atoms with Gasteiger partial charge in [0.05, 0.1) is 6.04 Å². The van der Waals surface area contributed by atoms with Gasteiger partial charge >= 0.3 is 0 Å². The predicted molar refractivity (Wildman–Crippen MR) is 78.1 cm³/mol. The first-order chi connectivity index (χ1) is 9.24. The van der Waals surface area contributed by atoms with Gasteiger partial charge in [-0.05, 0) is 64.7 Å². The van der Waals surface area contributed by atoms with E-state index >= 15 is 0 Å². The summed E-state index contributed by atoms with van der Waals surface area (Å²) in [5.41, 5.74) is 0. The number of likely N-dealkylation sites (tertiary alicyclic amines) is 2. The monoisotopic (exact) mass is 267 g/mol. The molecule has 0 aliphatic carbocycles. The first-order valence-electron chi connectivity index (χ1n) is 7.93. The van der Waals surface area contributed by atoms with Gasteiger partial charge in [-0.15, -0.1) is 0 Å². The zero-order valence-corrected chi connectivity index (χ0v) is 12.5. The van der Waals surface area contributed by atoms with E-state index in [9.17, 15) is 4.79 Å². The minimum absolute atomic E-state index is 0.0539. The third kappa shape index (κ3) is 3.93. The van der Waals surface area contributed by atoms with Crippen LogP contribution >= 0.6 is 0 Å². The van der Waals surface area contributed by atoms with E-state index < -0.39 is 0 Å². The van der Waals surface area contributed by atoms with Crippen molar-refractivity contribution in [3.63, 3.8) is 0 Å². The molecule has 2 aliphatic rings. The number of amides is 1. The lowest BCUT2D eigenvalue weighted by Crippen LogP contribution is -2.47. The molecule has 0 saturated carbocycles. The first kappa shape index (κ1) is 14.8. The molecule has 110 valence electrons. The van der Waals surface area contributed by atoms with E-state index in [0.717, 1.165) is 32.5 Å². The summed E-state index contributed by atoms with van der Waals surface area (Å²) in [6.07, 6.45) is 5.84. The van der Waals surface area contributed by atoms with Gasteiger partial charge in [0.1, 0.15) is 0 Å². The summed E-state index contributed by atoms with van der Waals surface area (Å²) >= 11 is 0. The topological polar surface area (TPSA) is 35.6 Å². The number of nitrogens with zero attached hydrogens (tertiary/aromatic N) is 2. The molecule has 2 aliphatic heterocycles. The van der Waals surface area contributed by atoms with Crippen LogP contribution in [0, 0.1) is 5.92 Å². The molecule has 1 atom stereocenters. The molecule has 2 saturated heterocycles. The van der Waals surface area contributed by atoms with Crippen molar-refractivity contribution in [2.75, 3.05) is 39.8 Å². The molecule has 2 rings (SSSR count). The lowest BCUT2D eigenvalue weighted by molar-refractivity contribution is -0.133. The van der Waals surface area contributed by atoms with Crippen molar-refractivity contribution in [1.82, 2.24) is 15.1 Å². The van der Waals surface area contributed by atoms with Gasteiger partial charge in [-0.2, -0.15) is 0 Å². The molecular weight excluding hydrogens is 238 g/mol. The highest BCUT2D eigenvalue weighted by Crippen LogP contribution is 2.20. The van der Waals surface area contributed by atoms with Crippen molar-refractivity contribution in [1.29, 1.82) is 0 Å². The average Bonchev–Trinajstić information content (AvgIpc) is 2.62. The van der Waals surface area contributed by atoms with Gasteiger partial charge in [-0.1, -0.05) is 6.92 Å². The van der Waals surface area contributed by atoms with E-state index in [0.29, 0.717) is 11.8 Å². The molecule has 1 amide bonds. The SMILES string of the molecule is CCN1CCC(CN2CCCCC(NC)C2=O)CC1. The summed E-state index contributed by atoms with van der Waals surface area (Å²) in [5.74, 6) is 1.04. The molecule has 1 unspecified atom stereocenters. The molecule has 0 aromatic rings. The minimum Gasteiger partial charge on any atom is -0.341 e. The third-order valence-corrected chi connectivity index (χ3v) is 4.76. The maximum atomic E-state index is 12.4. The van der Waals surface area contributed by atoms with Crippen LogP contribution in [0.1, 0.15) is 39.0 Å². The second kappa shape index (κ2) is 7.25. The lowest BCUT2D eigenvalue weighted by Gasteiger charge is -2.34. The van der Waals surface area contributed by atoms with Crippen LogP contribution in [0.5, 0.6) is 0 Å². The van der Waals surface area contributed by atoms with Crippen LogP contribution in [0.3, 0.4) is 0 Å². The number of nitrogens with one attached hydrogen (secondary N) is 1. The number of hydrogen-bond donors (Lipinski definition) is 1. The van der Waals surface area contributed by atoms with Crippen LogP contribution in [0.2, 0.25) is 0 Å². The predicted octanol–water partition coefficient (Wildman–Crippen LogP) is 1.32. The van der Waals surface area contributed by atoms with E-state index in [2.05, 4.69) is 22.0 Å². The average molecular weight is 267 g/mol. The Labute approximate surface area is 117 Å². The minimum atomic E-state index is 0.0539. The number of rotatable bonds is 4. The van der Waals surface area contributed by atoms with Crippen molar-refractivity contribution < 1.29 is 4.79 Å². The van der Waals surface area contributed by atoms with Gasteiger partial charge in [0, 0.05) is 13.1 Å². The number of likely N-dealkylation sites (N-methyl/N-ethyl adjacent to an activating group) is 1. The van der Waals surface area contributed by atoms with Crippen LogP contribution in [-0.2, 0) is 4.79 Å². The van der Waals surface area contributed by atoms with Gasteiger partial charge in [0.2, 0.25) is 5.91 Å². The summed E-state index contributed by atoms with van der Waals surface area (Å²) < 4.78 is 0. The Kier molecular flexibility index (Phi) is 5.64. The molecule has 4 nitrogen and oxygen atoms in total. The first-order valence-corrected chi connectivity index (χ1v) is 7.93. The standard InChI is InChI=1S/C15H29N3O/c1-3-17-10-7-13(8-11-17)12-18-9-5-4-6-14(16-2)15(18)19/h13-14,16H,3-12H2,1-2H3. The molecule has 0 aromatic carbocycles. The molecule has 4 heteroatoms. The summed E-state index contributed by atoms with van der Waals surface area (Å²) in [6, 6.07) is 0.0539. The van der Waals surface area contributed by atoms with Crippen molar-refractivity contribution >= 4 is 5.91 Å². The maximum absolute atomic E-state index is 12.4. The Bertz CT molecular complexity index is 287. The van der Waals surface area contributed by atoms with E-state index in [1.54, 1.807) is 0 Å². The highest BCUT2D eigenvalue weighted by atomic mass is 16.2. The molecule has 1 N–H and O–H groups in total. The molecule has 0 bridgehead atoms. The zero-order chi connectivity index (χ0) is 13.7. The summed E-state index contributed by atoms with van der Waals surface area (Å²) in [5, 5.41) is 3.18. The lowest BCUT2D eigenvalue weighted by atomic mass is 9.96. The fourth-order valence-corrected chi connectivity index (χ4v) is 3.35. The van der Waals surface area contributed by atoms with E-state index in [1.165, 1.54) is 32.4 Å². The summed E-state index contributed by atoms with van der Waals surface area (Å²) in [4.78, 5) is 17.1. The van der Waals surface area contributed by atoms with Crippen molar-refractivity contribution in [2.24, 2.45) is 5.92 Å². The van der Waals surface area contributed by atoms with Crippen LogP contribution in [0.4, 0.5) is 0 Å². The summed E-state index contributed by atoms with van der Waals surface area (Å²) in [7, 11) is 1.91. The van der Waals surface area contributed by atoms with E-state index in [1.807, 2.05) is 7.05 Å². The Morgan fingerprint density at radius 1 is 1.16 bits per heavy atom. The maximum Gasteiger partial charge on any atom is 0.239 e. The normalized spacial score (nSPS) is 27.6. The number of carbonyl (C=O) groups excluding carboxylic acids is 1. The fourth-order valence-electron chi connectivity index (χ4n) is 3.35. The second-order valence-electron chi connectivity index (χ2n) is 6.00. The molecule has 0 spiro atoms. The molecule has 2 fully saturated rings. The number of piperidine rings is 1. The van der Waals surface area contributed by atoms with Crippen molar-refractivity contribution in [3.8, 4) is 0 Å². The van der Waals surface area contributed by atoms with Gasteiger partial charge < -0.3 is 15.1 Å². The molecule has 0 radical (unpaired) electrons. The summed E-state index contributed by atoms with van der Waals surface area (Å²) in [6.45, 7) is 7.75. The smallest absolute Gasteiger partial charge is 0.239 e. The van der Waals surface area contributed by atoms with E-state index in [4.69, 9.17) is 0 Å². The molecule has 2 heterocycles. The second-order valence-corrected chi connectivity index (χ2v) is 6.00. The highest BCUT2D eigenvalue weighted by Gasteiger charge is 2.28. The Morgan fingerprint density at radius 2 is 1.89 bits per heavy atom. The molecule has 19 heavy (non-hydrogen) atoms. The number of hydrogen-bond acceptors (Lipinski definition) is 3. The van der Waals surface area contributed by atoms with Gasteiger partial charge in [0.25, 0.3) is 0 Å². The van der Waals surface area contributed by atoms with Crippen LogP contribution in [-0.4, -0.2) is 61.5 Å². The van der Waals surface area contributed by atoms with Crippen LogP contribution < -0.4 is 5.32 Å². The van der Waals surface area contributed by atoms with E-state index in [-0.39, 0.29) is 6.04 Å². The highest BCUT2D eigenvalue weighted by molar-refractivity contribution is 5.82. The van der Waals surface area contributed by atoms with Gasteiger partial charge in [-0.25, -0.2) is 0 Å². The number of carbonyl (C=O) groups is 1. The largest absolute Gasteiger partial charge is 0.341 e. The Hall–Kier alpha value is -0.610. The van der Waals surface area contributed by atoms with Gasteiger partial charge in [0.15, 0.2) is 0 Å². The van der Waals surface area contributed by atoms with Crippen LogP contribution in [0.15, 0.2) is 0 Å².